The van der Waals surface area contributed by atoms with Gasteiger partial charge in [0.05, 0.1) is 6.54 Å². The van der Waals surface area contributed by atoms with E-state index >= 15 is 0 Å². The zero-order chi connectivity index (χ0) is 13.0. The first-order chi connectivity index (χ1) is 8.70. The number of aliphatic carboxylic acids is 1. The Labute approximate surface area is 109 Å². The molecule has 1 heterocycles. The van der Waals surface area contributed by atoms with E-state index in [4.69, 9.17) is 5.11 Å². The standard InChI is InChI=1S/C10H17N5O2S/c1-2-8(9(16)17)18-10-12-13-14-15(10)6-5-11-7-3-4-7/h7-8,11H,2-6H2,1H3,(H,16,17). The zero-order valence-electron chi connectivity index (χ0n) is 10.2. The van der Waals surface area contributed by atoms with Crippen LogP contribution in [0.5, 0.6) is 0 Å². The zero-order valence-corrected chi connectivity index (χ0v) is 11.1. The molecule has 0 aliphatic heterocycles. The summed E-state index contributed by atoms with van der Waals surface area (Å²) in [6, 6.07) is 0.653. The van der Waals surface area contributed by atoms with Crippen molar-refractivity contribution in [3.63, 3.8) is 0 Å². The van der Waals surface area contributed by atoms with Gasteiger partial charge in [0, 0.05) is 12.6 Å². The minimum atomic E-state index is -0.826. The number of hydrogen-bond donors (Lipinski definition) is 2. The summed E-state index contributed by atoms with van der Waals surface area (Å²) >= 11 is 1.20. The molecule has 1 aromatic heterocycles. The monoisotopic (exact) mass is 271 g/mol. The Morgan fingerprint density at radius 3 is 3.06 bits per heavy atom. The summed E-state index contributed by atoms with van der Waals surface area (Å²) in [5, 5.41) is 23.8. The summed E-state index contributed by atoms with van der Waals surface area (Å²) in [7, 11) is 0. The third-order valence-electron chi connectivity index (χ3n) is 2.73. The number of hydrogen-bond acceptors (Lipinski definition) is 6. The van der Waals surface area contributed by atoms with Gasteiger partial charge >= 0.3 is 5.97 Å². The molecule has 2 rings (SSSR count). The van der Waals surface area contributed by atoms with Crippen LogP contribution in [-0.2, 0) is 11.3 Å². The second-order valence-corrected chi connectivity index (χ2v) is 5.44. The molecule has 1 aromatic rings. The summed E-state index contributed by atoms with van der Waals surface area (Å²) in [5.74, 6) is -0.826. The lowest BCUT2D eigenvalue weighted by atomic mass is 10.3. The van der Waals surface area contributed by atoms with Crippen molar-refractivity contribution < 1.29 is 9.90 Å². The number of nitrogens with zero attached hydrogens (tertiary/aromatic N) is 4. The van der Waals surface area contributed by atoms with Crippen LogP contribution in [0.4, 0.5) is 0 Å². The van der Waals surface area contributed by atoms with E-state index in [1.165, 1.54) is 24.6 Å². The van der Waals surface area contributed by atoms with E-state index in [0.717, 1.165) is 6.54 Å². The third-order valence-corrected chi connectivity index (χ3v) is 4.05. The van der Waals surface area contributed by atoms with Crippen LogP contribution in [0.15, 0.2) is 5.16 Å². The molecule has 0 bridgehead atoms. The van der Waals surface area contributed by atoms with Crippen LogP contribution in [0, 0.1) is 0 Å². The Morgan fingerprint density at radius 1 is 1.67 bits per heavy atom. The van der Waals surface area contributed by atoms with E-state index in [0.29, 0.717) is 24.2 Å². The summed E-state index contributed by atoms with van der Waals surface area (Å²) in [6.07, 6.45) is 3.04. The van der Waals surface area contributed by atoms with Crippen molar-refractivity contribution in [2.24, 2.45) is 0 Å². The van der Waals surface area contributed by atoms with Gasteiger partial charge in [0.15, 0.2) is 0 Å². The van der Waals surface area contributed by atoms with Gasteiger partial charge in [-0.3, -0.25) is 4.79 Å². The molecule has 100 valence electrons. The minimum absolute atomic E-state index is 0.494. The highest BCUT2D eigenvalue weighted by molar-refractivity contribution is 8.00. The van der Waals surface area contributed by atoms with Crippen molar-refractivity contribution >= 4 is 17.7 Å². The Kier molecular flexibility index (Phi) is 4.54. The fourth-order valence-electron chi connectivity index (χ4n) is 1.52. The van der Waals surface area contributed by atoms with Crippen LogP contribution in [0.3, 0.4) is 0 Å². The van der Waals surface area contributed by atoms with Gasteiger partial charge in [-0.15, -0.1) is 5.10 Å². The molecule has 1 aliphatic rings. The van der Waals surface area contributed by atoms with Crippen molar-refractivity contribution in [2.75, 3.05) is 6.54 Å². The highest BCUT2D eigenvalue weighted by atomic mass is 32.2. The molecule has 0 saturated heterocycles. The summed E-state index contributed by atoms with van der Waals surface area (Å²) < 4.78 is 1.66. The Hall–Kier alpha value is -1.15. The van der Waals surface area contributed by atoms with Crippen LogP contribution >= 0.6 is 11.8 Å². The predicted molar refractivity (Wildman–Crippen MR) is 66.4 cm³/mol. The molecule has 18 heavy (non-hydrogen) atoms. The average Bonchev–Trinajstić information content (AvgIpc) is 3.05. The molecule has 1 unspecified atom stereocenters. The number of carboxylic acid groups (broad SMARTS) is 1. The number of carboxylic acids is 1. The second-order valence-electron chi connectivity index (χ2n) is 4.27. The number of nitrogens with one attached hydrogen (secondary N) is 1. The van der Waals surface area contributed by atoms with Crippen LogP contribution in [0.2, 0.25) is 0 Å². The molecule has 2 N–H and O–H groups in total. The number of aromatic nitrogens is 4. The van der Waals surface area contributed by atoms with E-state index in [9.17, 15) is 4.79 Å². The van der Waals surface area contributed by atoms with Crippen molar-refractivity contribution in [3.8, 4) is 0 Å². The van der Waals surface area contributed by atoms with Crippen LogP contribution in [0.25, 0.3) is 0 Å². The van der Waals surface area contributed by atoms with Crippen LogP contribution < -0.4 is 5.32 Å². The highest BCUT2D eigenvalue weighted by Crippen LogP contribution is 2.23. The molecule has 0 amide bonds. The summed E-state index contributed by atoms with van der Waals surface area (Å²) in [5.41, 5.74) is 0. The van der Waals surface area contributed by atoms with Gasteiger partial charge in [-0.1, -0.05) is 18.7 Å². The number of rotatable bonds is 8. The van der Waals surface area contributed by atoms with Crippen molar-refractivity contribution in [2.45, 2.75) is 49.2 Å². The lowest BCUT2D eigenvalue weighted by Gasteiger charge is -2.09. The molecule has 1 saturated carbocycles. The fraction of sp³-hybridized carbons (Fsp3) is 0.800. The van der Waals surface area contributed by atoms with Gasteiger partial charge in [-0.2, -0.15) is 0 Å². The van der Waals surface area contributed by atoms with E-state index in [1.54, 1.807) is 4.68 Å². The molecule has 0 radical (unpaired) electrons. The van der Waals surface area contributed by atoms with Gasteiger partial charge in [0.2, 0.25) is 5.16 Å². The molecule has 7 nitrogen and oxygen atoms in total. The minimum Gasteiger partial charge on any atom is -0.480 e. The normalized spacial score (nSPS) is 16.7. The maximum atomic E-state index is 11.0. The molecule has 1 aliphatic carbocycles. The van der Waals surface area contributed by atoms with E-state index in [1.807, 2.05) is 6.92 Å². The first-order valence-corrected chi connectivity index (χ1v) is 6.97. The molecule has 1 atom stereocenters. The van der Waals surface area contributed by atoms with Gasteiger partial charge in [-0.25, -0.2) is 4.68 Å². The largest absolute Gasteiger partial charge is 0.480 e. The fourth-order valence-corrected chi connectivity index (χ4v) is 2.37. The lowest BCUT2D eigenvalue weighted by Crippen LogP contribution is -2.23. The Morgan fingerprint density at radius 2 is 2.44 bits per heavy atom. The average molecular weight is 271 g/mol. The third kappa shape index (κ3) is 3.67. The quantitative estimate of drug-likeness (QED) is 0.660. The summed E-state index contributed by atoms with van der Waals surface area (Å²) in [4.78, 5) is 11.0. The van der Waals surface area contributed by atoms with Gasteiger partial charge in [-0.05, 0) is 29.7 Å². The molecular weight excluding hydrogens is 254 g/mol. The maximum absolute atomic E-state index is 11.0. The van der Waals surface area contributed by atoms with Crippen molar-refractivity contribution in [1.82, 2.24) is 25.5 Å². The molecule has 0 aromatic carbocycles. The Bertz CT molecular complexity index is 407. The van der Waals surface area contributed by atoms with Gasteiger partial charge in [0.1, 0.15) is 5.25 Å². The van der Waals surface area contributed by atoms with Crippen LogP contribution in [0.1, 0.15) is 26.2 Å². The van der Waals surface area contributed by atoms with E-state index in [-0.39, 0.29) is 0 Å². The van der Waals surface area contributed by atoms with Crippen molar-refractivity contribution in [1.29, 1.82) is 0 Å². The van der Waals surface area contributed by atoms with Gasteiger partial charge in [0.25, 0.3) is 0 Å². The number of carbonyl (C=O) groups is 1. The molecule has 1 fully saturated rings. The smallest absolute Gasteiger partial charge is 0.317 e. The number of thioether (sulfide) groups is 1. The molecule has 0 spiro atoms. The Balaban J connectivity index is 1.86. The topological polar surface area (TPSA) is 92.9 Å². The summed E-state index contributed by atoms with van der Waals surface area (Å²) in [6.45, 7) is 3.32. The first-order valence-electron chi connectivity index (χ1n) is 6.09. The van der Waals surface area contributed by atoms with E-state index in [2.05, 4.69) is 20.8 Å². The first kappa shape index (κ1) is 13.3. The lowest BCUT2D eigenvalue weighted by molar-refractivity contribution is -0.136. The van der Waals surface area contributed by atoms with Crippen LogP contribution in [-0.4, -0.2) is 49.1 Å². The second kappa shape index (κ2) is 6.14. The molecular formula is C10H17N5O2S. The molecule has 8 heteroatoms. The maximum Gasteiger partial charge on any atom is 0.317 e. The van der Waals surface area contributed by atoms with Gasteiger partial charge < -0.3 is 10.4 Å². The SMILES string of the molecule is CCC(Sc1nnnn1CCNC1CC1)C(=O)O. The number of tetrazole rings is 1. The predicted octanol–water partition coefficient (Wildman–Crippen LogP) is 0.380. The van der Waals surface area contributed by atoms with Crippen molar-refractivity contribution in [3.05, 3.63) is 0 Å². The highest BCUT2D eigenvalue weighted by Gasteiger charge is 2.22. The van der Waals surface area contributed by atoms with E-state index < -0.39 is 11.2 Å².